The first-order chi connectivity index (χ1) is 12.6. The molecule has 0 saturated carbocycles. The van der Waals surface area contributed by atoms with E-state index >= 15 is 0 Å². The second-order valence-electron chi connectivity index (χ2n) is 6.03. The lowest BCUT2D eigenvalue weighted by Crippen LogP contribution is -2.48. The molecule has 0 bridgehead atoms. The molecule has 26 heavy (non-hydrogen) atoms. The van der Waals surface area contributed by atoms with Crippen LogP contribution in [0, 0.1) is 5.82 Å². The predicted octanol–water partition coefficient (Wildman–Crippen LogP) is 3.73. The monoisotopic (exact) mass is 374 g/mol. The Morgan fingerprint density at radius 1 is 1.08 bits per heavy atom. The Labute approximate surface area is 159 Å². The van der Waals surface area contributed by atoms with Crippen molar-refractivity contribution < 1.29 is 13.9 Å². The smallest absolute Gasteiger partial charge is 0.161 e. The fraction of sp³-hybridized carbons (Fsp3) is 0.350. The fourth-order valence-electron chi connectivity index (χ4n) is 3.12. The average Bonchev–Trinajstić information content (AvgIpc) is 2.68. The lowest BCUT2D eigenvalue weighted by atomic mass is 10.1. The second-order valence-corrected chi connectivity index (χ2v) is 6.42. The van der Waals surface area contributed by atoms with E-state index in [0.717, 1.165) is 36.7 Å². The minimum absolute atomic E-state index is 0.181. The number of anilines is 1. The number of piperazine rings is 1. The predicted molar refractivity (Wildman–Crippen MR) is 106 cm³/mol. The number of nitrogens with zero attached hydrogens (tertiary/aromatic N) is 2. The van der Waals surface area contributed by atoms with Gasteiger partial charge in [-0.3, -0.25) is 0 Å². The molecule has 3 rings (SSSR count). The maximum atomic E-state index is 14.0. The van der Waals surface area contributed by atoms with Crippen molar-refractivity contribution in [2.24, 2.45) is 0 Å². The summed E-state index contributed by atoms with van der Waals surface area (Å²) in [5.74, 6) is 1.21. The molecule has 0 unspecified atom stereocenters. The Bertz CT molecular complexity index is 776. The lowest BCUT2D eigenvalue weighted by molar-refractivity contribution is 0.311. The number of hydrogen-bond donors (Lipinski definition) is 0. The molecule has 2 aromatic carbocycles. The second kappa shape index (κ2) is 8.36. The van der Waals surface area contributed by atoms with Gasteiger partial charge in [0.05, 0.1) is 19.4 Å². The number of halogens is 1. The molecule has 4 nitrogen and oxygen atoms in total. The van der Waals surface area contributed by atoms with Crippen LogP contribution in [-0.4, -0.2) is 49.8 Å². The molecule has 0 radical (unpaired) electrons. The van der Waals surface area contributed by atoms with E-state index in [1.165, 1.54) is 6.07 Å². The van der Waals surface area contributed by atoms with Crippen molar-refractivity contribution in [3.05, 3.63) is 53.8 Å². The molecule has 2 aromatic rings. The van der Waals surface area contributed by atoms with Gasteiger partial charge in [-0.15, -0.1) is 0 Å². The Morgan fingerprint density at radius 3 is 2.46 bits per heavy atom. The number of ether oxygens (including phenoxy) is 2. The standard InChI is InChI=1S/C20H23FN2O2S/c1-3-25-18-9-8-15(14-19(18)24-2)20(26)23-12-10-22(11-13-23)17-7-5-4-6-16(17)21/h4-9,14H,3,10-13H2,1-2H3. The van der Waals surface area contributed by atoms with Gasteiger partial charge < -0.3 is 19.3 Å². The van der Waals surface area contributed by atoms with Crippen LogP contribution in [0.15, 0.2) is 42.5 Å². The summed E-state index contributed by atoms with van der Waals surface area (Å²) in [6.45, 7) is 5.49. The van der Waals surface area contributed by atoms with E-state index in [-0.39, 0.29) is 5.82 Å². The maximum absolute atomic E-state index is 14.0. The Hall–Kier alpha value is -2.34. The molecule has 1 aliphatic heterocycles. The molecule has 1 saturated heterocycles. The van der Waals surface area contributed by atoms with E-state index in [2.05, 4.69) is 9.80 Å². The first-order valence-corrected chi connectivity index (χ1v) is 9.14. The number of hydrogen-bond acceptors (Lipinski definition) is 4. The van der Waals surface area contributed by atoms with Gasteiger partial charge in [0.2, 0.25) is 0 Å². The van der Waals surface area contributed by atoms with E-state index in [1.807, 2.05) is 37.3 Å². The highest BCUT2D eigenvalue weighted by Gasteiger charge is 2.22. The van der Waals surface area contributed by atoms with Crippen LogP contribution < -0.4 is 14.4 Å². The molecular formula is C20H23FN2O2S. The van der Waals surface area contributed by atoms with E-state index in [4.69, 9.17) is 21.7 Å². The third kappa shape index (κ3) is 3.90. The van der Waals surface area contributed by atoms with Crippen LogP contribution in [0.4, 0.5) is 10.1 Å². The average molecular weight is 374 g/mol. The normalized spacial score (nSPS) is 14.3. The summed E-state index contributed by atoms with van der Waals surface area (Å²) in [7, 11) is 1.62. The van der Waals surface area contributed by atoms with Gasteiger partial charge in [0.25, 0.3) is 0 Å². The third-order valence-corrected chi connectivity index (χ3v) is 4.96. The fourth-order valence-corrected chi connectivity index (χ4v) is 3.43. The van der Waals surface area contributed by atoms with Crippen LogP contribution >= 0.6 is 12.2 Å². The molecular weight excluding hydrogens is 351 g/mol. The van der Waals surface area contributed by atoms with E-state index in [9.17, 15) is 4.39 Å². The van der Waals surface area contributed by atoms with E-state index in [0.29, 0.717) is 23.8 Å². The van der Waals surface area contributed by atoms with Crippen LogP contribution in [0.25, 0.3) is 0 Å². The van der Waals surface area contributed by atoms with Crippen molar-refractivity contribution in [1.29, 1.82) is 0 Å². The van der Waals surface area contributed by atoms with Crippen LogP contribution in [0.5, 0.6) is 11.5 Å². The summed E-state index contributed by atoms with van der Waals surface area (Å²) >= 11 is 5.67. The maximum Gasteiger partial charge on any atom is 0.161 e. The van der Waals surface area contributed by atoms with E-state index < -0.39 is 0 Å². The molecule has 138 valence electrons. The van der Waals surface area contributed by atoms with Gasteiger partial charge in [-0.1, -0.05) is 24.4 Å². The van der Waals surface area contributed by atoms with Crippen LogP contribution in [0.3, 0.4) is 0 Å². The molecule has 0 N–H and O–H groups in total. The number of thiocarbonyl (C=S) groups is 1. The van der Waals surface area contributed by atoms with Crippen molar-refractivity contribution >= 4 is 22.9 Å². The highest BCUT2D eigenvalue weighted by molar-refractivity contribution is 7.80. The van der Waals surface area contributed by atoms with Crippen LogP contribution in [-0.2, 0) is 0 Å². The minimum atomic E-state index is -0.181. The minimum Gasteiger partial charge on any atom is -0.493 e. The van der Waals surface area contributed by atoms with Crippen molar-refractivity contribution in [3.8, 4) is 11.5 Å². The summed E-state index contributed by atoms with van der Waals surface area (Å²) in [4.78, 5) is 4.99. The number of benzene rings is 2. The van der Waals surface area contributed by atoms with Gasteiger partial charge in [-0.05, 0) is 37.3 Å². The Kier molecular flexibility index (Phi) is 5.93. The summed E-state index contributed by atoms with van der Waals surface area (Å²) < 4.78 is 24.9. The molecule has 0 spiro atoms. The van der Waals surface area contributed by atoms with Gasteiger partial charge in [-0.25, -0.2) is 4.39 Å². The van der Waals surface area contributed by atoms with Crippen molar-refractivity contribution in [3.63, 3.8) is 0 Å². The number of para-hydroxylation sites is 1. The van der Waals surface area contributed by atoms with E-state index in [1.54, 1.807) is 13.2 Å². The molecule has 0 amide bonds. The van der Waals surface area contributed by atoms with Crippen LogP contribution in [0.1, 0.15) is 12.5 Å². The summed E-state index contributed by atoms with van der Waals surface area (Å²) in [6.07, 6.45) is 0. The zero-order chi connectivity index (χ0) is 18.5. The third-order valence-electron chi connectivity index (χ3n) is 4.47. The SMILES string of the molecule is CCOc1ccc(C(=S)N2CCN(c3ccccc3F)CC2)cc1OC. The molecule has 1 fully saturated rings. The highest BCUT2D eigenvalue weighted by Crippen LogP contribution is 2.29. The largest absolute Gasteiger partial charge is 0.493 e. The lowest BCUT2D eigenvalue weighted by Gasteiger charge is -2.37. The molecule has 1 aliphatic rings. The Balaban J connectivity index is 1.68. The summed E-state index contributed by atoms with van der Waals surface area (Å²) in [6, 6.07) is 12.7. The molecule has 1 heterocycles. The zero-order valence-electron chi connectivity index (χ0n) is 15.1. The Morgan fingerprint density at radius 2 is 1.81 bits per heavy atom. The number of methoxy groups -OCH3 is 1. The number of rotatable bonds is 5. The van der Waals surface area contributed by atoms with Gasteiger partial charge in [0, 0.05) is 31.7 Å². The zero-order valence-corrected chi connectivity index (χ0v) is 15.9. The summed E-state index contributed by atoms with van der Waals surface area (Å²) in [5, 5.41) is 0. The van der Waals surface area contributed by atoms with Crippen molar-refractivity contribution in [2.75, 3.05) is 44.8 Å². The highest BCUT2D eigenvalue weighted by atomic mass is 32.1. The van der Waals surface area contributed by atoms with Crippen molar-refractivity contribution in [2.45, 2.75) is 6.92 Å². The van der Waals surface area contributed by atoms with Crippen LogP contribution in [0.2, 0.25) is 0 Å². The first kappa shape index (κ1) is 18.5. The molecule has 0 aromatic heterocycles. The molecule has 0 atom stereocenters. The summed E-state index contributed by atoms with van der Waals surface area (Å²) in [5.41, 5.74) is 1.58. The van der Waals surface area contributed by atoms with Gasteiger partial charge in [0.15, 0.2) is 11.5 Å². The molecule has 6 heteroatoms. The van der Waals surface area contributed by atoms with Gasteiger partial charge in [-0.2, -0.15) is 0 Å². The van der Waals surface area contributed by atoms with Gasteiger partial charge >= 0.3 is 0 Å². The van der Waals surface area contributed by atoms with Crippen molar-refractivity contribution in [1.82, 2.24) is 4.90 Å². The quantitative estimate of drug-likeness (QED) is 0.743. The van der Waals surface area contributed by atoms with Gasteiger partial charge in [0.1, 0.15) is 10.8 Å². The first-order valence-electron chi connectivity index (χ1n) is 8.73. The molecule has 0 aliphatic carbocycles. The topological polar surface area (TPSA) is 24.9 Å².